The van der Waals surface area contributed by atoms with Crippen molar-refractivity contribution in [3.8, 4) is 11.4 Å². The van der Waals surface area contributed by atoms with Crippen molar-refractivity contribution in [2.24, 2.45) is 0 Å². The first-order chi connectivity index (χ1) is 21.5. The summed E-state index contributed by atoms with van der Waals surface area (Å²) >= 11 is 0. The van der Waals surface area contributed by atoms with Crippen LogP contribution < -0.4 is 9.46 Å². The zero-order chi connectivity index (χ0) is 33.5. The van der Waals surface area contributed by atoms with Crippen LogP contribution in [0.1, 0.15) is 111 Å². The second-order valence-electron chi connectivity index (χ2n) is 14.8. The second kappa shape index (κ2) is 12.6. The molecule has 0 spiro atoms. The normalized spacial score (nSPS) is 16.5. The number of ether oxygens (including phenoxy) is 2. The summed E-state index contributed by atoms with van der Waals surface area (Å²) in [4.78, 5) is 1.67. The van der Waals surface area contributed by atoms with Crippen molar-refractivity contribution in [1.82, 2.24) is 15.0 Å². The van der Waals surface area contributed by atoms with Crippen LogP contribution >= 0.6 is 0 Å². The van der Waals surface area contributed by atoms with Crippen LogP contribution in [0.5, 0.6) is 5.75 Å². The summed E-state index contributed by atoms with van der Waals surface area (Å²) in [6.07, 6.45) is 4.36. The van der Waals surface area contributed by atoms with Gasteiger partial charge in [0.2, 0.25) is 0 Å². The highest BCUT2D eigenvalue weighted by Crippen LogP contribution is 2.38. The van der Waals surface area contributed by atoms with Crippen molar-refractivity contribution in [2.75, 3.05) is 11.3 Å². The molecule has 46 heavy (non-hydrogen) atoms. The van der Waals surface area contributed by atoms with Crippen molar-refractivity contribution in [3.05, 3.63) is 71.3 Å². The molecule has 1 aliphatic rings. The average molecular weight is 647 g/mol. The van der Waals surface area contributed by atoms with E-state index in [0.717, 1.165) is 48.8 Å². The first-order valence-corrected chi connectivity index (χ1v) is 18.0. The van der Waals surface area contributed by atoms with E-state index in [9.17, 15) is 8.42 Å². The number of sulfonamides is 1. The number of fused-ring (bicyclic) bond motifs is 1. The van der Waals surface area contributed by atoms with Crippen molar-refractivity contribution in [3.63, 3.8) is 0 Å². The molecule has 1 unspecified atom stereocenters. The average Bonchev–Trinajstić information content (AvgIpc) is 3.44. The molecule has 5 rings (SSSR count). The molecule has 0 aliphatic carbocycles. The van der Waals surface area contributed by atoms with Gasteiger partial charge < -0.3 is 9.47 Å². The Kier molecular flexibility index (Phi) is 9.32. The Labute approximate surface area is 274 Å². The molecule has 9 heteroatoms. The number of nitrogens with zero attached hydrogens (tertiary/aromatic N) is 3. The Morgan fingerprint density at radius 2 is 1.54 bits per heavy atom. The van der Waals surface area contributed by atoms with Gasteiger partial charge in [-0.05, 0) is 95.0 Å². The van der Waals surface area contributed by atoms with Gasteiger partial charge in [-0.1, -0.05) is 80.5 Å². The first kappa shape index (κ1) is 33.9. The molecule has 8 nitrogen and oxygen atoms in total. The molecule has 1 fully saturated rings. The Morgan fingerprint density at radius 3 is 2.20 bits per heavy atom. The van der Waals surface area contributed by atoms with Crippen LogP contribution in [0.15, 0.2) is 59.5 Å². The molecule has 0 radical (unpaired) electrons. The summed E-state index contributed by atoms with van der Waals surface area (Å²) < 4.78 is 43.0. The molecule has 248 valence electrons. The van der Waals surface area contributed by atoms with Gasteiger partial charge in [0.05, 0.1) is 17.2 Å². The van der Waals surface area contributed by atoms with Crippen LogP contribution in [0, 0.1) is 0 Å². The van der Waals surface area contributed by atoms with Gasteiger partial charge in [-0.3, -0.25) is 4.72 Å². The van der Waals surface area contributed by atoms with E-state index in [1.165, 1.54) is 0 Å². The fourth-order valence-electron chi connectivity index (χ4n) is 5.59. The van der Waals surface area contributed by atoms with E-state index in [2.05, 4.69) is 85.2 Å². The van der Waals surface area contributed by atoms with Crippen LogP contribution in [0.3, 0.4) is 0 Å². The van der Waals surface area contributed by atoms with Gasteiger partial charge >= 0.3 is 0 Å². The second-order valence-corrected chi connectivity index (χ2v) is 16.5. The van der Waals surface area contributed by atoms with Gasteiger partial charge in [-0.15, -0.1) is 15.0 Å². The van der Waals surface area contributed by atoms with E-state index in [4.69, 9.17) is 19.7 Å². The highest BCUT2D eigenvalue weighted by Gasteiger charge is 2.28. The summed E-state index contributed by atoms with van der Waals surface area (Å²) in [6.45, 7) is 20.0. The van der Waals surface area contributed by atoms with E-state index < -0.39 is 10.0 Å². The third kappa shape index (κ3) is 7.10. The van der Waals surface area contributed by atoms with E-state index >= 15 is 0 Å². The predicted octanol–water partition coefficient (Wildman–Crippen LogP) is 8.80. The highest BCUT2D eigenvalue weighted by atomic mass is 32.2. The van der Waals surface area contributed by atoms with Gasteiger partial charge in [0.15, 0.2) is 6.29 Å². The maximum Gasteiger partial charge on any atom is 0.261 e. The minimum absolute atomic E-state index is 0.0948. The Morgan fingerprint density at radius 1 is 0.848 bits per heavy atom. The van der Waals surface area contributed by atoms with E-state index in [1.54, 1.807) is 23.0 Å². The van der Waals surface area contributed by atoms with Crippen LogP contribution in [0.4, 0.5) is 5.69 Å². The molecule has 0 bridgehead atoms. The monoisotopic (exact) mass is 646 g/mol. The number of hydrogen-bond donors (Lipinski definition) is 1. The summed E-state index contributed by atoms with van der Waals surface area (Å²) in [5.41, 5.74) is 5.09. The minimum atomic E-state index is -3.94. The molecule has 1 saturated heterocycles. The SMILES string of the molecule is CCC(C)(C)c1ccc(C(C)(C)CC)c(NS(=O)(=O)c2ccc3nn(-c4cc(C(C)(C)C)ccc4OC4CCCCO4)nc3c2)c1. The zero-order valence-electron chi connectivity index (χ0n) is 28.9. The molecule has 1 atom stereocenters. The summed E-state index contributed by atoms with van der Waals surface area (Å²) in [6, 6.07) is 17.1. The number of rotatable bonds is 10. The first-order valence-electron chi connectivity index (χ1n) is 16.5. The largest absolute Gasteiger partial charge is 0.463 e. The van der Waals surface area contributed by atoms with Gasteiger partial charge in [-0.2, -0.15) is 0 Å². The quantitative estimate of drug-likeness (QED) is 0.185. The molecule has 3 aromatic carbocycles. The molecule has 0 amide bonds. The van der Waals surface area contributed by atoms with Crippen molar-refractivity contribution < 1.29 is 17.9 Å². The third-order valence-electron chi connectivity index (χ3n) is 9.64. The summed E-state index contributed by atoms with van der Waals surface area (Å²) in [5.74, 6) is 0.621. The van der Waals surface area contributed by atoms with Gasteiger partial charge in [0.25, 0.3) is 10.0 Å². The van der Waals surface area contributed by atoms with Gasteiger partial charge in [-0.25, -0.2) is 8.42 Å². The molecule has 1 aromatic heterocycles. The van der Waals surface area contributed by atoms with E-state index in [1.807, 2.05) is 18.2 Å². The van der Waals surface area contributed by atoms with Crippen LogP contribution in [0.25, 0.3) is 16.7 Å². The molecule has 0 saturated carbocycles. The summed E-state index contributed by atoms with van der Waals surface area (Å²) in [5, 5.41) is 9.50. The van der Waals surface area contributed by atoms with Gasteiger partial charge in [0.1, 0.15) is 22.5 Å². The van der Waals surface area contributed by atoms with E-state index in [-0.39, 0.29) is 27.4 Å². The molecule has 1 aliphatic heterocycles. The molecular weight excluding hydrogens is 596 g/mol. The van der Waals surface area contributed by atoms with Crippen molar-refractivity contribution >= 4 is 26.7 Å². The lowest BCUT2D eigenvalue weighted by Crippen LogP contribution is -2.25. The topological polar surface area (TPSA) is 95.3 Å². The third-order valence-corrected chi connectivity index (χ3v) is 11.0. The standard InChI is InChI=1S/C37H50N4O4S/c1-10-36(6,7)26-15-18-28(37(8,9)11-2)30(22-26)40-46(42,43)27-17-19-29-31(24-27)39-41(38-29)32-23-25(35(3,4)5)16-20-33(32)45-34-14-12-13-21-44-34/h15-20,22-24,34,40H,10-14,21H2,1-9H3. The summed E-state index contributed by atoms with van der Waals surface area (Å²) in [7, 11) is -3.94. The Bertz CT molecular complexity index is 1810. The number of aromatic nitrogens is 3. The number of nitrogens with one attached hydrogen (secondary N) is 1. The Hall–Kier alpha value is -3.43. The lowest BCUT2D eigenvalue weighted by Gasteiger charge is -2.30. The molecule has 4 aromatic rings. The lowest BCUT2D eigenvalue weighted by atomic mass is 9.77. The highest BCUT2D eigenvalue weighted by molar-refractivity contribution is 7.92. The number of anilines is 1. The Balaban J connectivity index is 1.53. The smallest absolute Gasteiger partial charge is 0.261 e. The van der Waals surface area contributed by atoms with Crippen LogP contribution in [-0.4, -0.2) is 36.3 Å². The zero-order valence-corrected chi connectivity index (χ0v) is 29.7. The van der Waals surface area contributed by atoms with Crippen LogP contribution in [-0.2, 0) is 31.0 Å². The fourth-order valence-corrected chi connectivity index (χ4v) is 6.68. The van der Waals surface area contributed by atoms with Crippen molar-refractivity contribution in [1.29, 1.82) is 0 Å². The maximum absolute atomic E-state index is 14.0. The van der Waals surface area contributed by atoms with E-state index in [0.29, 0.717) is 34.8 Å². The minimum Gasteiger partial charge on any atom is -0.463 e. The molecule has 1 N–H and O–H groups in total. The maximum atomic E-state index is 14.0. The van der Waals surface area contributed by atoms with Crippen molar-refractivity contribution in [2.45, 2.75) is 122 Å². The lowest BCUT2D eigenvalue weighted by molar-refractivity contribution is -0.105. The number of benzene rings is 3. The van der Waals surface area contributed by atoms with Crippen LogP contribution in [0.2, 0.25) is 0 Å². The van der Waals surface area contributed by atoms with Gasteiger partial charge in [0, 0.05) is 6.42 Å². The molecular formula is C37H50N4O4S. The predicted molar refractivity (Wildman–Crippen MR) is 186 cm³/mol. The fraction of sp³-hybridized carbons (Fsp3) is 0.514. The number of hydrogen-bond acceptors (Lipinski definition) is 6. The molecule has 2 heterocycles.